The Morgan fingerprint density at radius 3 is 2.80 bits per heavy atom. The summed E-state index contributed by atoms with van der Waals surface area (Å²) in [6.45, 7) is 3.40. The molecular weight excluding hydrogens is 252 g/mol. The van der Waals surface area contributed by atoms with Gasteiger partial charge < -0.3 is 9.84 Å². The van der Waals surface area contributed by atoms with Gasteiger partial charge in [0.15, 0.2) is 0 Å². The third-order valence-corrected chi connectivity index (χ3v) is 5.22. The molecule has 1 aromatic rings. The lowest BCUT2D eigenvalue weighted by atomic mass is 9.73. The monoisotopic (exact) mass is 274 g/mol. The van der Waals surface area contributed by atoms with Crippen molar-refractivity contribution in [2.45, 2.75) is 26.4 Å². The largest absolute Gasteiger partial charge is 0.396 e. The van der Waals surface area contributed by atoms with Crippen LogP contribution in [0.4, 0.5) is 0 Å². The van der Waals surface area contributed by atoms with Crippen molar-refractivity contribution in [2.24, 2.45) is 23.2 Å². The highest BCUT2D eigenvalue weighted by Crippen LogP contribution is 2.64. The van der Waals surface area contributed by atoms with Crippen molar-refractivity contribution >= 4 is 5.78 Å². The van der Waals surface area contributed by atoms with Crippen LogP contribution in [0, 0.1) is 23.2 Å². The first-order chi connectivity index (χ1) is 9.66. The van der Waals surface area contributed by atoms with Gasteiger partial charge in [-0.2, -0.15) is 0 Å². The Bertz CT molecular complexity index is 484. The zero-order valence-corrected chi connectivity index (χ0v) is 11.9. The van der Waals surface area contributed by atoms with Crippen LogP contribution in [0.2, 0.25) is 0 Å². The van der Waals surface area contributed by atoms with Gasteiger partial charge in [-0.15, -0.1) is 0 Å². The van der Waals surface area contributed by atoms with Gasteiger partial charge in [-0.05, 0) is 29.7 Å². The fourth-order valence-electron chi connectivity index (χ4n) is 3.79. The highest BCUT2D eigenvalue weighted by molar-refractivity contribution is 5.90. The Morgan fingerprint density at radius 1 is 1.35 bits per heavy atom. The predicted octanol–water partition coefficient (Wildman–Crippen LogP) is 2.43. The van der Waals surface area contributed by atoms with Gasteiger partial charge in [-0.3, -0.25) is 4.79 Å². The average molecular weight is 274 g/mol. The summed E-state index contributed by atoms with van der Waals surface area (Å²) in [5.41, 5.74) is 1.11. The number of carbonyl (C=O) groups excluding carboxylic acids is 1. The lowest BCUT2D eigenvalue weighted by Crippen LogP contribution is -2.34. The van der Waals surface area contributed by atoms with Gasteiger partial charge in [0.05, 0.1) is 13.2 Å². The minimum absolute atomic E-state index is 0.0129. The zero-order chi connectivity index (χ0) is 14.2. The van der Waals surface area contributed by atoms with E-state index in [0.717, 1.165) is 12.8 Å². The molecule has 0 saturated heterocycles. The Kier molecular flexibility index (Phi) is 3.65. The van der Waals surface area contributed by atoms with Crippen LogP contribution < -0.4 is 0 Å². The van der Waals surface area contributed by atoms with Crippen LogP contribution in [-0.2, 0) is 16.1 Å². The van der Waals surface area contributed by atoms with Gasteiger partial charge in [0.1, 0.15) is 5.78 Å². The predicted molar refractivity (Wildman–Crippen MR) is 76.0 cm³/mol. The number of hydrogen-bond donors (Lipinski definition) is 1. The fourth-order valence-corrected chi connectivity index (χ4v) is 3.79. The summed E-state index contributed by atoms with van der Waals surface area (Å²) in [5.74, 6) is 0.813. The molecule has 108 valence electrons. The van der Waals surface area contributed by atoms with E-state index in [1.165, 1.54) is 5.56 Å². The Hall–Kier alpha value is -1.19. The van der Waals surface area contributed by atoms with E-state index >= 15 is 0 Å². The zero-order valence-electron chi connectivity index (χ0n) is 11.9. The summed E-state index contributed by atoms with van der Waals surface area (Å²) in [6.07, 6.45) is 1.88. The number of fused-ring (bicyclic) bond motifs is 1. The molecule has 0 amide bonds. The molecule has 0 radical (unpaired) electrons. The first kappa shape index (κ1) is 13.8. The molecule has 4 atom stereocenters. The maximum Gasteiger partial charge on any atom is 0.142 e. The molecule has 1 unspecified atom stereocenters. The standard InChI is InChI=1S/C17H22O3/c1-17(14-9-13(14)16(19)15(17)10-18)7-8-20-11-12-5-3-2-4-6-12/h2-6,13-15,18H,7-11H2,1H3/t13-,14+,15?,17-/m0/s1. The number of benzene rings is 1. The molecule has 3 heteroatoms. The number of aliphatic hydroxyl groups is 1. The summed E-state index contributed by atoms with van der Waals surface area (Å²) < 4.78 is 5.75. The van der Waals surface area contributed by atoms with Crippen molar-refractivity contribution in [3.8, 4) is 0 Å². The molecule has 3 nitrogen and oxygen atoms in total. The molecule has 0 bridgehead atoms. The van der Waals surface area contributed by atoms with Crippen LogP contribution in [0.5, 0.6) is 0 Å². The maximum absolute atomic E-state index is 12.0. The van der Waals surface area contributed by atoms with Crippen molar-refractivity contribution < 1.29 is 14.6 Å². The Balaban J connectivity index is 1.52. The van der Waals surface area contributed by atoms with E-state index < -0.39 is 0 Å². The molecule has 1 aromatic carbocycles. The van der Waals surface area contributed by atoms with Crippen molar-refractivity contribution in [1.82, 2.24) is 0 Å². The number of aliphatic hydroxyl groups excluding tert-OH is 1. The van der Waals surface area contributed by atoms with Gasteiger partial charge in [-0.25, -0.2) is 0 Å². The topological polar surface area (TPSA) is 46.5 Å². The van der Waals surface area contributed by atoms with E-state index in [4.69, 9.17) is 4.74 Å². The van der Waals surface area contributed by atoms with Crippen molar-refractivity contribution in [3.05, 3.63) is 35.9 Å². The molecule has 0 heterocycles. The second-order valence-corrected chi connectivity index (χ2v) is 6.38. The number of carbonyl (C=O) groups is 1. The first-order valence-corrected chi connectivity index (χ1v) is 7.43. The van der Waals surface area contributed by atoms with Crippen molar-refractivity contribution in [2.75, 3.05) is 13.2 Å². The molecule has 1 N–H and O–H groups in total. The highest BCUT2D eigenvalue weighted by atomic mass is 16.5. The summed E-state index contributed by atoms with van der Waals surface area (Å²) in [7, 11) is 0. The number of hydrogen-bond acceptors (Lipinski definition) is 3. The minimum Gasteiger partial charge on any atom is -0.396 e. The molecule has 0 aliphatic heterocycles. The molecular formula is C17H22O3. The lowest BCUT2D eigenvalue weighted by Gasteiger charge is -2.32. The summed E-state index contributed by atoms with van der Waals surface area (Å²) >= 11 is 0. The molecule has 2 aliphatic rings. The minimum atomic E-state index is -0.174. The average Bonchev–Trinajstić information content (AvgIpc) is 3.23. The second kappa shape index (κ2) is 5.30. The molecule has 2 saturated carbocycles. The van der Waals surface area contributed by atoms with E-state index in [1.807, 2.05) is 30.3 Å². The van der Waals surface area contributed by atoms with Gasteiger partial charge in [0.25, 0.3) is 0 Å². The summed E-state index contributed by atoms with van der Waals surface area (Å²) in [6, 6.07) is 10.1. The number of ether oxygens (including phenoxy) is 1. The highest BCUT2D eigenvalue weighted by Gasteiger charge is 2.65. The van der Waals surface area contributed by atoms with E-state index in [0.29, 0.717) is 19.1 Å². The number of rotatable bonds is 6. The van der Waals surface area contributed by atoms with Crippen LogP contribution in [0.15, 0.2) is 30.3 Å². The smallest absolute Gasteiger partial charge is 0.142 e. The van der Waals surface area contributed by atoms with Gasteiger partial charge >= 0.3 is 0 Å². The van der Waals surface area contributed by atoms with Crippen LogP contribution in [0.25, 0.3) is 0 Å². The molecule has 3 rings (SSSR count). The maximum atomic E-state index is 12.0. The Labute approximate surface area is 120 Å². The second-order valence-electron chi connectivity index (χ2n) is 6.38. The van der Waals surface area contributed by atoms with Crippen LogP contribution in [0.3, 0.4) is 0 Å². The summed E-state index contributed by atoms with van der Waals surface area (Å²) in [4.78, 5) is 12.0. The summed E-state index contributed by atoms with van der Waals surface area (Å²) in [5, 5.41) is 9.48. The lowest BCUT2D eigenvalue weighted by molar-refractivity contribution is -0.126. The van der Waals surface area contributed by atoms with E-state index in [1.54, 1.807) is 0 Å². The molecule has 0 aromatic heterocycles. The van der Waals surface area contributed by atoms with Crippen LogP contribution >= 0.6 is 0 Å². The van der Waals surface area contributed by atoms with Crippen molar-refractivity contribution in [3.63, 3.8) is 0 Å². The van der Waals surface area contributed by atoms with Crippen LogP contribution in [-0.4, -0.2) is 24.1 Å². The van der Waals surface area contributed by atoms with E-state index in [9.17, 15) is 9.90 Å². The quantitative estimate of drug-likeness (QED) is 0.810. The Morgan fingerprint density at radius 2 is 2.10 bits per heavy atom. The SMILES string of the molecule is C[C@@]1(CCOCc2ccccc2)C(CO)C(=O)[C@H]2C[C@H]21. The normalized spacial score (nSPS) is 35.1. The third-order valence-electron chi connectivity index (χ3n) is 5.22. The van der Waals surface area contributed by atoms with Crippen LogP contribution in [0.1, 0.15) is 25.3 Å². The van der Waals surface area contributed by atoms with E-state index in [2.05, 4.69) is 6.92 Å². The van der Waals surface area contributed by atoms with E-state index in [-0.39, 0.29) is 29.6 Å². The van der Waals surface area contributed by atoms with Gasteiger partial charge in [-0.1, -0.05) is 37.3 Å². The van der Waals surface area contributed by atoms with Gasteiger partial charge in [0.2, 0.25) is 0 Å². The van der Waals surface area contributed by atoms with Gasteiger partial charge in [0, 0.05) is 18.4 Å². The number of ketones is 1. The third kappa shape index (κ3) is 2.29. The van der Waals surface area contributed by atoms with Crippen molar-refractivity contribution in [1.29, 1.82) is 0 Å². The fraction of sp³-hybridized carbons (Fsp3) is 0.588. The molecule has 2 aliphatic carbocycles. The molecule has 0 spiro atoms. The molecule has 20 heavy (non-hydrogen) atoms. The number of Topliss-reactive ketones (excluding diaryl/α,β-unsaturated/α-hetero) is 1. The molecule has 2 fully saturated rings. The first-order valence-electron chi connectivity index (χ1n) is 7.43.